The number of non-ortho nitro benzene ring substituents is 1. The summed E-state index contributed by atoms with van der Waals surface area (Å²) < 4.78 is 0. The van der Waals surface area contributed by atoms with Crippen LogP contribution in [0.2, 0.25) is 0 Å². The largest absolute Gasteiger partial charge is 0.295 e. The second kappa shape index (κ2) is 4.99. The van der Waals surface area contributed by atoms with Crippen LogP contribution in [0.25, 0.3) is 0 Å². The second-order valence-corrected chi connectivity index (χ2v) is 3.24. The molecule has 9 heteroatoms. The van der Waals surface area contributed by atoms with Gasteiger partial charge in [0.25, 0.3) is 17.3 Å². The Hall–Kier alpha value is -2.84. The molecule has 0 aromatic heterocycles. The molecule has 0 aliphatic carbocycles. The number of nitro benzene ring substituents is 2. The van der Waals surface area contributed by atoms with E-state index < -0.39 is 27.1 Å². The monoisotopic (exact) mass is 253 g/mol. The molecule has 1 aromatic carbocycles. The second-order valence-electron chi connectivity index (χ2n) is 3.24. The fourth-order valence-corrected chi connectivity index (χ4v) is 1.35. The Kier molecular flexibility index (Phi) is 3.67. The zero-order valence-electron chi connectivity index (χ0n) is 9.08. The van der Waals surface area contributed by atoms with Crippen molar-refractivity contribution in [3.8, 4) is 0 Å². The molecule has 0 atom stereocenters. The fourth-order valence-electron chi connectivity index (χ4n) is 1.35. The zero-order valence-corrected chi connectivity index (χ0v) is 9.08. The minimum atomic E-state index is -0.936. The third kappa shape index (κ3) is 2.45. The molecule has 0 bridgehead atoms. The summed E-state index contributed by atoms with van der Waals surface area (Å²) in [5.74, 6) is -0.936. The highest BCUT2D eigenvalue weighted by molar-refractivity contribution is 6.02. The van der Waals surface area contributed by atoms with E-state index in [0.717, 1.165) is 12.1 Å². The minimum absolute atomic E-state index is 0.0510. The van der Waals surface area contributed by atoms with Crippen molar-refractivity contribution in [1.82, 2.24) is 5.32 Å². The van der Waals surface area contributed by atoms with Crippen LogP contribution < -0.4 is 5.32 Å². The molecule has 0 heterocycles. The maximum atomic E-state index is 11.4. The molecule has 1 N–H and O–H groups in total. The Morgan fingerprint density at radius 3 is 2.33 bits per heavy atom. The third-order valence-corrected chi connectivity index (χ3v) is 2.21. The van der Waals surface area contributed by atoms with E-state index >= 15 is 0 Å². The van der Waals surface area contributed by atoms with E-state index in [9.17, 15) is 29.8 Å². The Balaban J connectivity index is 3.49. The summed E-state index contributed by atoms with van der Waals surface area (Å²) >= 11 is 0. The highest BCUT2D eigenvalue weighted by atomic mass is 16.6. The van der Waals surface area contributed by atoms with Gasteiger partial charge in [0.05, 0.1) is 21.5 Å². The Morgan fingerprint density at radius 2 is 1.89 bits per heavy atom. The molecule has 0 saturated carbocycles. The molecular formula is C9H7N3O6. The highest BCUT2D eigenvalue weighted by Gasteiger charge is 2.24. The summed E-state index contributed by atoms with van der Waals surface area (Å²) in [4.78, 5) is 41.2. The fraction of sp³-hybridized carbons (Fsp3) is 0.111. The van der Waals surface area contributed by atoms with Crippen LogP contribution in [-0.2, 0) is 4.79 Å². The van der Waals surface area contributed by atoms with Gasteiger partial charge in [-0.1, -0.05) is 0 Å². The van der Waals surface area contributed by atoms with E-state index in [1.807, 2.05) is 0 Å². The van der Waals surface area contributed by atoms with Crippen molar-refractivity contribution in [1.29, 1.82) is 0 Å². The molecule has 0 unspecified atom stereocenters. The predicted molar refractivity (Wildman–Crippen MR) is 58.0 cm³/mol. The van der Waals surface area contributed by atoms with E-state index in [0.29, 0.717) is 0 Å². The molecule has 18 heavy (non-hydrogen) atoms. The lowest BCUT2D eigenvalue weighted by Crippen LogP contribution is -2.22. The Labute approximate surface area is 99.7 Å². The number of rotatable bonds is 4. The van der Waals surface area contributed by atoms with Crippen molar-refractivity contribution < 1.29 is 19.4 Å². The molecule has 0 saturated heterocycles. The van der Waals surface area contributed by atoms with Crippen LogP contribution in [0.4, 0.5) is 11.4 Å². The molecule has 1 aromatic rings. The van der Waals surface area contributed by atoms with Crippen molar-refractivity contribution in [2.24, 2.45) is 0 Å². The molecule has 0 aliphatic heterocycles. The molecule has 0 fully saturated rings. The van der Waals surface area contributed by atoms with Crippen molar-refractivity contribution in [3.63, 3.8) is 0 Å². The van der Waals surface area contributed by atoms with Crippen LogP contribution in [0.1, 0.15) is 15.9 Å². The lowest BCUT2D eigenvalue weighted by molar-refractivity contribution is -0.394. The normalized spacial score (nSPS) is 9.61. The van der Waals surface area contributed by atoms with Crippen LogP contribution in [-0.4, -0.2) is 22.2 Å². The standard InChI is InChI=1S/C9H7N3O6/c1-5-7(9(14)10-4-13)2-6(11(15)16)3-8(5)12(17)18/h2-4H,1H3,(H,10,13,14). The first-order valence-corrected chi connectivity index (χ1v) is 4.56. The molecular weight excluding hydrogens is 246 g/mol. The first-order valence-electron chi connectivity index (χ1n) is 4.56. The van der Waals surface area contributed by atoms with Crippen molar-refractivity contribution in [2.75, 3.05) is 0 Å². The number of nitro groups is 2. The quantitative estimate of drug-likeness (QED) is 0.477. The summed E-state index contributed by atoms with van der Waals surface area (Å²) in [6.45, 7) is 1.27. The Morgan fingerprint density at radius 1 is 1.28 bits per heavy atom. The lowest BCUT2D eigenvalue weighted by Gasteiger charge is -2.04. The van der Waals surface area contributed by atoms with Crippen molar-refractivity contribution in [2.45, 2.75) is 6.92 Å². The number of imide groups is 1. The maximum absolute atomic E-state index is 11.4. The first kappa shape index (κ1) is 13.2. The van der Waals surface area contributed by atoms with Gasteiger partial charge in [-0.2, -0.15) is 0 Å². The molecule has 0 radical (unpaired) electrons. The number of nitrogens with one attached hydrogen (secondary N) is 1. The van der Waals surface area contributed by atoms with Gasteiger partial charge in [0.15, 0.2) is 0 Å². The van der Waals surface area contributed by atoms with Gasteiger partial charge in [-0.15, -0.1) is 0 Å². The zero-order chi connectivity index (χ0) is 13.9. The SMILES string of the molecule is Cc1c(C(=O)NC=O)cc([N+](=O)[O-])cc1[N+](=O)[O-]. The van der Waals surface area contributed by atoms with Crippen molar-refractivity contribution >= 4 is 23.7 Å². The van der Waals surface area contributed by atoms with Gasteiger partial charge in [0, 0.05) is 11.6 Å². The van der Waals surface area contributed by atoms with E-state index in [1.54, 1.807) is 5.32 Å². The minimum Gasteiger partial charge on any atom is -0.295 e. The van der Waals surface area contributed by atoms with Crippen LogP contribution in [0, 0.1) is 27.2 Å². The van der Waals surface area contributed by atoms with Gasteiger partial charge >= 0.3 is 0 Å². The van der Waals surface area contributed by atoms with Gasteiger partial charge in [-0.05, 0) is 6.92 Å². The average molecular weight is 253 g/mol. The summed E-state index contributed by atoms with van der Waals surface area (Å²) in [7, 11) is 0. The number of amides is 2. The maximum Gasteiger partial charge on any atom is 0.279 e. The van der Waals surface area contributed by atoms with E-state index in [2.05, 4.69) is 0 Å². The predicted octanol–water partition coefficient (Wildman–Crippen LogP) is 0.698. The van der Waals surface area contributed by atoms with Crippen molar-refractivity contribution in [3.05, 3.63) is 43.5 Å². The molecule has 0 aliphatic rings. The number of hydrogen-bond donors (Lipinski definition) is 1. The highest BCUT2D eigenvalue weighted by Crippen LogP contribution is 2.27. The van der Waals surface area contributed by atoms with Gasteiger partial charge in [-0.25, -0.2) is 0 Å². The van der Waals surface area contributed by atoms with Crippen LogP contribution in [0.15, 0.2) is 12.1 Å². The average Bonchev–Trinajstić information content (AvgIpc) is 2.28. The van der Waals surface area contributed by atoms with Gasteiger partial charge in [0.1, 0.15) is 0 Å². The number of benzene rings is 1. The summed E-state index contributed by atoms with van der Waals surface area (Å²) in [6, 6.07) is 1.63. The summed E-state index contributed by atoms with van der Waals surface area (Å²) in [5, 5.41) is 23.1. The third-order valence-electron chi connectivity index (χ3n) is 2.21. The Bertz CT molecular complexity index is 553. The molecule has 9 nitrogen and oxygen atoms in total. The number of nitrogens with zero attached hydrogens (tertiary/aromatic N) is 2. The molecule has 2 amide bonds. The number of carbonyl (C=O) groups is 2. The van der Waals surface area contributed by atoms with Crippen LogP contribution in [0.3, 0.4) is 0 Å². The topological polar surface area (TPSA) is 132 Å². The molecule has 1 rings (SSSR count). The van der Waals surface area contributed by atoms with Crippen LogP contribution >= 0.6 is 0 Å². The molecule has 0 spiro atoms. The van der Waals surface area contributed by atoms with E-state index in [1.165, 1.54) is 6.92 Å². The lowest BCUT2D eigenvalue weighted by atomic mass is 10.0. The number of carbonyl (C=O) groups excluding carboxylic acids is 2. The van der Waals surface area contributed by atoms with Gasteiger partial charge in [0.2, 0.25) is 6.41 Å². The van der Waals surface area contributed by atoms with Crippen LogP contribution in [0.5, 0.6) is 0 Å². The first-order chi connectivity index (χ1) is 8.38. The van der Waals surface area contributed by atoms with Gasteiger partial charge < -0.3 is 0 Å². The molecule has 94 valence electrons. The summed E-state index contributed by atoms with van der Waals surface area (Å²) in [5.41, 5.74) is -1.49. The number of hydrogen-bond acceptors (Lipinski definition) is 6. The van der Waals surface area contributed by atoms with E-state index in [4.69, 9.17) is 0 Å². The smallest absolute Gasteiger partial charge is 0.279 e. The van der Waals surface area contributed by atoms with E-state index in [-0.39, 0.29) is 17.5 Å². The van der Waals surface area contributed by atoms with Gasteiger partial charge in [-0.3, -0.25) is 35.1 Å². The summed E-state index contributed by atoms with van der Waals surface area (Å²) in [6.07, 6.45) is 0.0897.